The normalized spacial score (nSPS) is 14.4. The Morgan fingerprint density at radius 1 is 0.591 bits per heavy atom. The van der Waals surface area contributed by atoms with Crippen molar-refractivity contribution in [2.24, 2.45) is 0 Å². The lowest BCUT2D eigenvalue weighted by molar-refractivity contribution is -0.113. The van der Waals surface area contributed by atoms with Crippen LogP contribution in [0.2, 0.25) is 0 Å². The maximum Gasteiger partial charge on any atom is 0.155 e. The van der Waals surface area contributed by atoms with Gasteiger partial charge in [-0.15, -0.1) is 0 Å². The average molecular weight is 296 g/mol. The van der Waals surface area contributed by atoms with Gasteiger partial charge in [0.1, 0.15) is 0 Å². The van der Waals surface area contributed by atoms with E-state index in [-0.39, 0.29) is 5.78 Å². The molecule has 0 spiro atoms. The largest absolute Gasteiger partial charge is 0.295 e. The zero-order valence-electron chi connectivity index (χ0n) is 14.7. The lowest BCUT2D eigenvalue weighted by Crippen LogP contribution is -1.89. The number of ketones is 1. The van der Waals surface area contributed by atoms with E-state index in [0.717, 1.165) is 11.1 Å². The average Bonchev–Trinajstić information content (AvgIpc) is 2.43. The number of rotatable bonds is 7. The Bertz CT molecular complexity index is 569. The highest BCUT2D eigenvalue weighted by atomic mass is 16.1. The minimum Gasteiger partial charge on any atom is -0.295 e. The summed E-state index contributed by atoms with van der Waals surface area (Å²) in [6.07, 6.45) is 20.1. The lowest BCUT2D eigenvalue weighted by Gasteiger charge is -1.90. The van der Waals surface area contributed by atoms with Crippen molar-refractivity contribution in [2.75, 3.05) is 0 Å². The van der Waals surface area contributed by atoms with Crippen LogP contribution in [0.15, 0.2) is 83.1 Å². The standard InChI is InChI=1S/C21H28O/c1-17(2)11-9-14-18(3)12-7-8-13-19(4)15-10-16-20(5)21(6)22/h7-16H,1-6H3/b8-7+,14-9+,15-10+,18-12+,19-13+,20-16+. The molecule has 0 unspecified atom stereocenters. The molecule has 0 saturated heterocycles. The number of carbonyl (C=O) groups excluding carboxylic acids is 1. The molecule has 0 aliphatic heterocycles. The highest BCUT2D eigenvalue weighted by Gasteiger charge is 1.91. The molecule has 0 aromatic heterocycles. The van der Waals surface area contributed by atoms with Gasteiger partial charge in [-0.2, -0.15) is 0 Å². The quantitative estimate of drug-likeness (QED) is 0.413. The molecule has 0 aromatic carbocycles. The second kappa shape index (κ2) is 11.5. The van der Waals surface area contributed by atoms with E-state index < -0.39 is 0 Å². The van der Waals surface area contributed by atoms with Crippen molar-refractivity contribution in [1.29, 1.82) is 0 Å². The molecule has 22 heavy (non-hydrogen) atoms. The molecule has 0 atom stereocenters. The molecule has 0 N–H and O–H groups in total. The Balaban J connectivity index is 4.54. The van der Waals surface area contributed by atoms with Crippen molar-refractivity contribution in [2.45, 2.75) is 41.5 Å². The Labute approximate surface area is 135 Å². The predicted molar refractivity (Wildman–Crippen MR) is 98.8 cm³/mol. The molecule has 0 aliphatic carbocycles. The zero-order valence-corrected chi connectivity index (χ0v) is 14.7. The molecule has 118 valence electrons. The second-order valence-electron chi connectivity index (χ2n) is 5.57. The summed E-state index contributed by atoms with van der Waals surface area (Å²) in [4.78, 5) is 11.1. The summed E-state index contributed by atoms with van der Waals surface area (Å²) >= 11 is 0. The molecule has 0 aliphatic rings. The smallest absolute Gasteiger partial charge is 0.155 e. The third-order valence-electron chi connectivity index (χ3n) is 2.88. The van der Waals surface area contributed by atoms with E-state index in [1.54, 1.807) is 6.92 Å². The third-order valence-corrected chi connectivity index (χ3v) is 2.88. The summed E-state index contributed by atoms with van der Waals surface area (Å²) in [5.74, 6) is 0.105. The Kier molecular flexibility index (Phi) is 10.4. The van der Waals surface area contributed by atoms with Crippen molar-refractivity contribution in [3.63, 3.8) is 0 Å². The van der Waals surface area contributed by atoms with E-state index in [2.05, 4.69) is 45.1 Å². The molecule has 0 radical (unpaired) electrons. The first-order valence-corrected chi connectivity index (χ1v) is 7.52. The molecule has 0 fully saturated rings. The molecule has 1 nitrogen and oxygen atoms in total. The van der Waals surface area contributed by atoms with Crippen LogP contribution in [0.4, 0.5) is 0 Å². The van der Waals surface area contributed by atoms with Crippen LogP contribution < -0.4 is 0 Å². The molecular weight excluding hydrogens is 268 g/mol. The van der Waals surface area contributed by atoms with Crippen molar-refractivity contribution >= 4 is 5.78 Å². The van der Waals surface area contributed by atoms with E-state index in [9.17, 15) is 4.79 Å². The summed E-state index contributed by atoms with van der Waals surface area (Å²) in [6, 6.07) is 0. The van der Waals surface area contributed by atoms with Gasteiger partial charge in [-0.1, -0.05) is 77.5 Å². The molecule has 0 rings (SSSR count). The van der Waals surface area contributed by atoms with Gasteiger partial charge in [0.2, 0.25) is 0 Å². The van der Waals surface area contributed by atoms with E-state index in [4.69, 9.17) is 0 Å². The molecule has 0 amide bonds. The van der Waals surface area contributed by atoms with Gasteiger partial charge >= 0.3 is 0 Å². The van der Waals surface area contributed by atoms with E-state index in [1.165, 1.54) is 11.1 Å². The minimum absolute atomic E-state index is 0.105. The topological polar surface area (TPSA) is 17.1 Å². The monoisotopic (exact) mass is 296 g/mol. The summed E-state index contributed by atoms with van der Waals surface area (Å²) in [5.41, 5.74) is 4.39. The molecule has 0 heterocycles. The predicted octanol–water partition coefficient (Wildman–Crippen LogP) is 6.05. The first-order chi connectivity index (χ1) is 10.3. The van der Waals surface area contributed by atoms with Crippen LogP contribution in [0.3, 0.4) is 0 Å². The highest BCUT2D eigenvalue weighted by molar-refractivity contribution is 5.92. The van der Waals surface area contributed by atoms with Gasteiger partial charge in [0.15, 0.2) is 5.78 Å². The maximum atomic E-state index is 11.1. The van der Waals surface area contributed by atoms with Gasteiger partial charge in [-0.3, -0.25) is 4.79 Å². The van der Waals surface area contributed by atoms with Gasteiger partial charge in [0, 0.05) is 0 Å². The van der Waals surface area contributed by atoms with E-state index in [0.29, 0.717) is 0 Å². The Morgan fingerprint density at radius 3 is 1.45 bits per heavy atom. The summed E-state index contributed by atoms with van der Waals surface area (Å²) in [6.45, 7) is 11.7. The van der Waals surface area contributed by atoms with E-state index in [1.807, 2.05) is 50.3 Å². The SMILES string of the molecule is CC(=O)/C(C)=C/C=C/C(C)=C/C=C/C=C(C)/C=C/C=C(C)C. The van der Waals surface area contributed by atoms with Gasteiger partial charge in [0.25, 0.3) is 0 Å². The Hall–Kier alpha value is -2.15. The van der Waals surface area contributed by atoms with Crippen LogP contribution in [0.5, 0.6) is 0 Å². The number of Topliss-reactive ketones (excluding diaryl/α,β-unsaturated/α-hetero) is 1. The van der Waals surface area contributed by atoms with Crippen LogP contribution in [0, 0.1) is 0 Å². The lowest BCUT2D eigenvalue weighted by atomic mass is 10.2. The Morgan fingerprint density at radius 2 is 1.05 bits per heavy atom. The summed E-state index contributed by atoms with van der Waals surface area (Å²) in [7, 11) is 0. The maximum absolute atomic E-state index is 11.1. The third kappa shape index (κ3) is 11.7. The van der Waals surface area contributed by atoms with Crippen LogP contribution >= 0.6 is 0 Å². The summed E-state index contributed by atoms with van der Waals surface area (Å²) in [5, 5.41) is 0. The number of hydrogen-bond acceptors (Lipinski definition) is 1. The fourth-order valence-corrected chi connectivity index (χ4v) is 1.38. The molecule has 0 aromatic rings. The molecule has 0 bridgehead atoms. The molecule has 1 heteroatoms. The highest BCUT2D eigenvalue weighted by Crippen LogP contribution is 2.01. The van der Waals surface area contributed by atoms with Gasteiger partial charge < -0.3 is 0 Å². The van der Waals surface area contributed by atoms with Crippen molar-refractivity contribution < 1.29 is 4.79 Å². The number of carbonyl (C=O) groups is 1. The summed E-state index contributed by atoms with van der Waals surface area (Å²) < 4.78 is 0. The van der Waals surface area contributed by atoms with Gasteiger partial charge in [0.05, 0.1) is 0 Å². The second-order valence-corrected chi connectivity index (χ2v) is 5.57. The molecule has 0 saturated carbocycles. The van der Waals surface area contributed by atoms with E-state index >= 15 is 0 Å². The van der Waals surface area contributed by atoms with Crippen LogP contribution in [-0.4, -0.2) is 5.78 Å². The van der Waals surface area contributed by atoms with Gasteiger partial charge in [-0.25, -0.2) is 0 Å². The van der Waals surface area contributed by atoms with Crippen molar-refractivity contribution in [3.05, 3.63) is 83.1 Å². The number of hydrogen-bond donors (Lipinski definition) is 0. The number of allylic oxidation sites excluding steroid dienone is 14. The first-order valence-electron chi connectivity index (χ1n) is 7.52. The zero-order chi connectivity index (χ0) is 17.0. The fraction of sp³-hybridized carbons (Fsp3) is 0.286. The van der Waals surface area contributed by atoms with Gasteiger partial charge in [-0.05, 0) is 47.1 Å². The minimum atomic E-state index is 0.105. The fourth-order valence-electron chi connectivity index (χ4n) is 1.38. The first kappa shape index (κ1) is 19.9. The van der Waals surface area contributed by atoms with Crippen molar-refractivity contribution in [3.8, 4) is 0 Å². The van der Waals surface area contributed by atoms with Crippen LogP contribution in [0.1, 0.15) is 41.5 Å². The van der Waals surface area contributed by atoms with Crippen LogP contribution in [-0.2, 0) is 4.79 Å². The molecular formula is C21H28O. The van der Waals surface area contributed by atoms with Crippen LogP contribution in [0.25, 0.3) is 0 Å². The van der Waals surface area contributed by atoms with Crippen molar-refractivity contribution in [1.82, 2.24) is 0 Å².